The second-order valence-corrected chi connectivity index (χ2v) is 7.83. The number of nitrogens with one attached hydrogen (secondary N) is 3. The maximum Gasteiger partial charge on any atom is 0.291 e. The van der Waals surface area contributed by atoms with Crippen molar-refractivity contribution in [2.75, 3.05) is 6.54 Å². The third kappa shape index (κ3) is 3.45. The van der Waals surface area contributed by atoms with Crippen LogP contribution < -0.4 is 11.0 Å². The van der Waals surface area contributed by atoms with Crippen molar-refractivity contribution in [1.29, 1.82) is 10.8 Å². The number of hydrogen-bond acceptors (Lipinski definition) is 4. The second kappa shape index (κ2) is 7.91. The van der Waals surface area contributed by atoms with Crippen LogP contribution in [0, 0.1) is 10.8 Å². The van der Waals surface area contributed by atoms with Gasteiger partial charge in [-0.1, -0.05) is 30.7 Å². The summed E-state index contributed by atoms with van der Waals surface area (Å²) in [5.74, 6) is 0.0516. The molecule has 0 bridgehead atoms. The Labute approximate surface area is 177 Å². The van der Waals surface area contributed by atoms with E-state index in [9.17, 15) is 9.59 Å². The quantitative estimate of drug-likeness (QED) is 0.444. The van der Waals surface area contributed by atoms with Crippen molar-refractivity contribution in [3.05, 3.63) is 74.0 Å². The van der Waals surface area contributed by atoms with Crippen molar-refractivity contribution < 1.29 is 4.79 Å². The van der Waals surface area contributed by atoms with Crippen LogP contribution in [0.4, 0.5) is 0 Å². The summed E-state index contributed by atoms with van der Waals surface area (Å²) in [6.45, 7) is 2.99. The molecule has 0 atom stereocenters. The van der Waals surface area contributed by atoms with E-state index in [4.69, 9.17) is 22.4 Å². The van der Waals surface area contributed by atoms with Crippen LogP contribution in [0.15, 0.2) is 41.2 Å². The molecule has 7 nitrogen and oxygen atoms in total. The van der Waals surface area contributed by atoms with Crippen molar-refractivity contribution in [2.45, 2.75) is 32.7 Å². The Morgan fingerprint density at radius 3 is 2.83 bits per heavy atom. The molecular weight excluding hydrogens is 402 g/mol. The van der Waals surface area contributed by atoms with Crippen molar-refractivity contribution in [3.63, 3.8) is 0 Å². The molecule has 2 aromatic carbocycles. The van der Waals surface area contributed by atoms with Crippen LogP contribution in [0.1, 0.15) is 41.3 Å². The van der Waals surface area contributed by atoms with Crippen LogP contribution in [0.3, 0.4) is 0 Å². The van der Waals surface area contributed by atoms with E-state index in [1.54, 1.807) is 23.1 Å². The predicted molar refractivity (Wildman–Crippen MR) is 116 cm³/mol. The summed E-state index contributed by atoms with van der Waals surface area (Å²) in [5.41, 5.74) is 2.67. The average Bonchev–Trinajstić information content (AvgIpc) is 2.74. The van der Waals surface area contributed by atoms with Crippen molar-refractivity contribution in [2.24, 2.45) is 0 Å². The highest BCUT2D eigenvalue weighted by molar-refractivity contribution is 6.31. The number of nitrogens with zero attached hydrogens (tertiary/aromatic N) is 2. The van der Waals surface area contributed by atoms with Crippen LogP contribution in [-0.2, 0) is 13.0 Å². The molecule has 1 aliphatic heterocycles. The normalized spacial score (nSPS) is 13.3. The zero-order valence-electron chi connectivity index (χ0n) is 16.6. The first-order valence-electron chi connectivity index (χ1n) is 9.87. The smallest absolute Gasteiger partial charge is 0.291 e. The zero-order chi connectivity index (χ0) is 21.4. The summed E-state index contributed by atoms with van der Waals surface area (Å²) in [6, 6.07) is 10.7. The summed E-state index contributed by atoms with van der Waals surface area (Å²) in [4.78, 5) is 29.8. The summed E-state index contributed by atoms with van der Waals surface area (Å²) in [6.07, 6.45) is 1.88. The molecule has 1 aliphatic rings. The lowest BCUT2D eigenvalue weighted by atomic mass is 9.99. The Bertz CT molecular complexity index is 1290. The molecule has 0 saturated carbocycles. The van der Waals surface area contributed by atoms with Crippen molar-refractivity contribution in [3.8, 4) is 0 Å². The molecule has 2 heterocycles. The number of hydrogen-bond donors (Lipinski definition) is 3. The first kappa shape index (κ1) is 20.1. The Morgan fingerprint density at radius 2 is 2.07 bits per heavy atom. The highest BCUT2D eigenvalue weighted by Crippen LogP contribution is 2.27. The minimum Gasteiger partial charge on any atom is -0.334 e. The van der Waals surface area contributed by atoms with E-state index in [0.29, 0.717) is 42.5 Å². The summed E-state index contributed by atoms with van der Waals surface area (Å²) >= 11 is 6.27. The molecule has 30 heavy (non-hydrogen) atoms. The number of fused-ring (bicyclic) bond motifs is 2. The SMILES string of the molecule is CCCC(=N)n1c(=N)c(=O)[nH]c2cc(C(=O)N3CCc4c(Cl)cccc4C3)ccc21. The largest absolute Gasteiger partial charge is 0.334 e. The van der Waals surface area contributed by atoms with Crippen LogP contribution in [0.2, 0.25) is 5.02 Å². The molecule has 0 unspecified atom stereocenters. The fourth-order valence-electron chi connectivity index (χ4n) is 3.92. The number of amides is 1. The highest BCUT2D eigenvalue weighted by atomic mass is 35.5. The lowest BCUT2D eigenvalue weighted by Crippen LogP contribution is -2.40. The molecule has 0 fully saturated rings. The molecule has 1 amide bonds. The van der Waals surface area contributed by atoms with Gasteiger partial charge in [-0.05, 0) is 48.2 Å². The maximum atomic E-state index is 13.1. The molecule has 8 heteroatoms. The number of aromatic amines is 1. The summed E-state index contributed by atoms with van der Waals surface area (Å²) in [5, 5.41) is 17.0. The Morgan fingerprint density at radius 1 is 1.27 bits per heavy atom. The molecule has 0 radical (unpaired) electrons. The van der Waals surface area contributed by atoms with Gasteiger partial charge in [0.2, 0.25) is 0 Å². The molecule has 3 N–H and O–H groups in total. The molecule has 1 aromatic heterocycles. The van der Waals surface area contributed by atoms with Gasteiger partial charge in [-0.3, -0.25) is 25.0 Å². The van der Waals surface area contributed by atoms with E-state index < -0.39 is 5.56 Å². The van der Waals surface area contributed by atoms with Gasteiger partial charge in [-0.2, -0.15) is 0 Å². The maximum absolute atomic E-state index is 13.1. The van der Waals surface area contributed by atoms with Crippen molar-refractivity contribution in [1.82, 2.24) is 14.5 Å². The number of carbonyl (C=O) groups excluding carboxylic acids is 1. The summed E-state index contributed by atoms with van der Waals surface area (Å²) in [7, 11) is 0. The second-order valence-electron chi connectivity index (χ2n) is 7.42. The molecular formula is C22H22ClN5O2. The Hall–Kier alpha value is -3.19. The van der Waals surface area contributed by atoms with Crippen LogP contribution >= 0.6 is 11.6 Å². The van der Waals surface area contributed by atoms with Gasteiger partial charge in [-0.15, -0.1) is 0 Å². The minimum atomic E-state index is -0.588. The average molecular weight is 424 g/mol. The van der Waals surface area contributed by atoms with Crippen molar-refractivity contribution >= 4 is 34.4 Å². The van der Waals surface area contributed by atoms with Crippen LogP contribution in [-0.4, -0.2) is 32.7 Å². The monoisotopic (exact) mass is 423 g/mol. The van der Waals surface area contributed by atoms with Gasteiger partial charge < -0.3 is 9.88 Å². The van der Waals surface area contributed by atoms with E-state index in [0.717, 1.165) is 22.6 Å². The molecule has 0 saturated heterocycles. The zero-order valence-corrected chi connectivity index (χ0v) is 17.3. The molecule has 3 aromatic rings. The van der Waals surface area contributed by atoms with E-state index >= 15 is 0 Å². The number of aromatic nitrogens is 2. The van der Waals surface area contributed by atoms with E-state index in [1.165, 1.54) is 4.57 Å². The third-order valence-electron chi connectivity index (χ3n) is 5.42. The fraction of sp³-hybridized carbons (Fsp3) is 0.273. The van der Waals surface area contributed by atoms with E-state index in [2.05, 4.69) is 4.98 Å². The minimum absolute atomic E-state index is 0.131. The van der Waals surface area contributed by atoms with Gasteiger partial charge in [0.1, 0.15) is 5.84 Å². The van der Waals surface area contributed by atoms with Crippen LogP contribution in [0.5, 0.6) is 0 Å². The van der Waals surface area contributed by atoms with E-state index in [-0.39, 0.29) is 17.2 Å². The Kier molecular flexibility index (Phi) is 5.30. The molecule has 154 valence electrons. The standard InChI is InChI=1S/C22H22ClN5O2/c1-2-4-19(24)28-18-8-7-13(11-17(18)26-21(29)20(28)25)22(30)27-10-9-15-14(12-27)5-3-6-16(15)23/h3,5-8,11,24-25H,2,4,9-10,12H2,1H3,(H,26,29). The first-order valence-corrected chi connectivity index (χ1v) is 10.3. The van der Waals surface area contributed by atoms with Gasteiger partial charge in [-0.25, -0.2) is 0 Å². The number of benzene rings is 2. The highest BCUT2D eigenvalue weighted by Gasteiger charge is 2.23. The van der Waals surface area contributed by atoms with Gasteiger partial charge in [0.15, 0.2) is 5.49 Å². The predicted octanol–water partition coefficient (Wildman–Crippen LogP) is 3.29. The van der Waals surface area contributed by atoms with Gasteiger partial charge in [0.05, 0.1) is 11.0 Å². The fourth-order valence-corrected chi connectivity index (χ4v) is 4.20. The third-order valence-corrected chi connectivity index (χ3v) is 5.78. The number of halogens is 1. The lowest BCUT2D eigenvalue weighted by molar-refractivity contribution is 0.0735. The van der Waals surface area contributed by atoms with Gasteiger partial charge >= 0.3 is 0 Å². The number of rotatable bonds is 3. The van der Waals surface area contributed by atoms with Crippen LogP contribution in [0.25, 0.3) is 11.0 Å². The number of carbonyl (C=O) groups is 1. The topological polar surface area (TPSA) is 106 Å². The lowest BCUT2D eigenvalue weighted by Gasteiger charge is -2.29. The Balaban J connectivity index is 1.71. The summed E-state index contributed by atoms with van der Waals surface area (Å²) < 4.78 is 1.34. The molecule has 0 spiro atoms. The van der Waals surface area contributed by atoms with Gasteiger partial charge in [0, 0.05) is 30.1 Å². The van der Waals surface area contributed by atoms with E-state index in [1.807, 2.05) is 25.1 Å². The number of H-pyrrole nitrogens is 1. The molecule has 4 rings (SSSR count). The van der Waals surface area contributed by atoms with Gasteiger partial charge in [0.25, 0.3) is 11.5 Å². The molecule has 0 aliphatic carbocycles. The first-order chi connectivity index (χ1) is 14.4.